The molecule has 33 heavy (non-hydrogen) atoms. The maximum Gasteiger partial charge on any atom is 0.251 e. The standard InChI is InChI=1S/C24H25ClN6OS/c1-13-15(3)33-24-19(13)21(17-5-7-18(25)8-6-17)27-20(22-29-28-16(4)31(22)24)14(2)23(32)30-11-9-26-10-12-30/h5-8,20,26H,2,9-12H2,1,3-4H3/t20-/m0/s1. The Balaban J connectivity index is 1.71. The highest BCUT2D eigenvalue weighted by atomic mass is 35.5. The maximum atomic E-state index is 13.4. The lowest BCUT2D eigenvalue weighted by molar-refractivity contribution is -0.128. The van der Waals surface area contributed by atoms with Crippen LogP contribution in [0.2, 0.25) is 5.02 Å². The van der Waals surface area contributed by atoms with E-state index in [4.69, 9.17) is 16.6 Å². The summed E-state index contributed by atoms with van der Waals surface area (Å²) in [5.74, 6) is 1.28. The van der Waals surface area contributed by atoms with Crippen molar-refractivity contribution in [2.45, 2.75) is 26.8 Å². The zero-order chi connectivity index (χ0) is 23.3. The summed E-state index contributed by atoms with van der Waals surface area (Å²) < 4.78 is 2.04. The van der Waals surface area contributed by atoms with E-state index in [2.05, 4.69) is 35.9 Å². The molecule has 1 atom stereocenters. The molecule has 2 aliphatic rings. The van der Waals surface area contributed by atoms with Gasteiger partial charge in [-0.3, -0.25) is 14.4 Å². The lowest BCUT2D eigenvalue weighted by atomic mass is 9.99. The Labute approximate surface area is 201 Å². The number of carbonyl (C=O) groups excluding carboxylic acids is 1. The Bertz CT molecular complexity index is 1280. The molecule has 7 nitrogen and oxygen atoms in total. The van der Waals surface area contributed by atoms with Crippen molar-refractivity contribution in [1.82, 2.24) is 25.0 Å². The summed E-state index contributed by atoms with van der Waals surface area (Å²) in [6.07, 6.45) is 0. The van der Waals surface area contributed by atoms with E-state index >= 15 is 0 Å². The third kappa shape index (κ3) is 3.72. The predicted molar refractivity (Wildman–Crippen MR) is 132 cm³/mol. The molecule has 0 unspecified atom stereocenters. The van der Waals surface area contributed by atoms with Gasteiger partial charge in [0.1, 0.15) is 16.9 Å². The molecule has 9 heteroatoms. The number of aryl methyl sites for hydroxylation is 2. The van der Waals surface area contributed by atoms with Gasteiger partial charge >= 0.3 is 0 Å². The highest BCUT2D eigenvalue weighted by Gasteiger charge is 2.35. The first kappa shape index (κ1) is 22.0. The summed E-state index contributed by atoms with van der Waals surface area (Å²) in [5, 5.41) is 13.8. The number of hydrogen-bond donors (Lipinski definition) is 1. The minimum Gasteiger partial charge on any atom is -0.336 e. The SMILES string of the molecule is C=C(C(=O)N1CCNCC1)[C@@H]1N=C(c2ccc(Cl)cc2)c2c(sc(C)c2C)-n2c(C)nnc21. The minimum atomic E-state index is -0.640. The molecule has 1 N–H and O–H groups in total. The monoisotopic (exact) mass is 480 g/mol. The fraction of sp³-hybridized carbons (Fsp3) is 0.333. The molecule has 170 valence electrons. The molecule has 2 aromatic heterocycles. The quantitative estimate of drug-likeness (QED) is 0.579. The number of aromatic nitrogens is 3. The lowest BCUT2D eigenvalue weighted by Crippen LogP contribution is -2.47. The molecule has 0 aliphatic carbocycles. The Morgan fingerprint density at radius 3 is 2.55 bits per heavy atom. The maximum absolute atomic E-state index is 13.4. The number of nitrogens with one attached hydrogen (secondary N) is 1. The van der Waals surface area contributed by atoms with Crippen LogP contribution in [0.25, 0.3) is 5.00 Å². The molecule has 1 aromatic carbocycles. The van der Waals surface area contributed by atoms with Crippen molar-refractivity contribution in [3.63, 3.8) is 0 Å². The van der Waals surface area contributed by atoms with Crippen molar-refractivity contribution in [2.75, 3.05) is 26.2 Å². The largest absolute Gasteiger partial charge is 0.336 e. The second-order valence-electron chi connectivity index (χ2n) is 8.36. The number of carbonyl (C=O) groups is 1. The first-order chi connectivity index (χ1) is 15.9. The lowest BCUT2D eigenvalue weighted by Gasteiger charge is -2.29. The van der Waals surface area contributed by atoms with Crippen molar-refractivity contribution in [1.29, 1.82) is 0 Å². The zero-order valence-corrected chi connectivity index (χ0v) is 20.4. The molecule has 0 radical (unpaired) electrons. The first-order valence-electron chi connectivity index (χ1n) is 10.9. The van der Waals surface area contributed by atoms with Gasteiger partial charge in [-0.2, -0.15) is 0 Å². The van der Waals surface area contributed by atoms with E-state index in [9.17, 15) is 4.79 Å². The Kier molecular flexibility index (Phi) is 5.68. The molecule has 0 saturated carbocycles. The second-order valence-corrected chi connectivity index (χ2v) is 10.00. The van der Waals surface area contributed by atoms with Crippen LogP contribution in [0, 0.1) is 20.8 Å². The van der Waals surface area contributed by atoms with Crippen molar-refractivity contribution < 1.29 is 4.79 Å². The first-order valence-corrected chi connectivity index (χ1v) is 12.1. The van der Waals surface area contributed by atoms with Gasteiger partial charge in [0.25, 0.3) is 5.91 Å². The van der Waals surface area contributed by atoms with Crippen LogP contribution in [0.4, 0.5) is 0 Å². The van der Waals surface area contributed by atoms with Crippen LogP contribution in [-0.4, -0.2) is 57.5 Å². The molecular formula is C24H25ClN6OS. The molecule has 1 fully saturated rings. The van der Waals surface area contributed by atoms with E-state index in [1.807, 2.05) is 40.7 Å². The van der Waals surface area contributed by atoms with Gasteiger partial charge in [0.05, 0.1) is 5.71 Å². The van der Waals surface area contributed by atoms with E-state index in [0.717, 1.165) is 46.3 Å². The van der Waals surface area contributed by atoms with E-state index in [1.54, 1.807) is 11.3 Å². The number of rotatable bonds is 3. The Morgan fingerprint density at radius 1 is 1.15 bits per heavy atom. The van der Waals surface area contributed by atoms with Gasteiger partial charge in [-0.05, 0) is 38.5 Å². The number of halogens is 1. The summed E-state index contributed by atoms with van der Waals surface area (Å²) in [4.78, 5) is 21.6. The number of nitrogens with zero attached hydrogens (tertiary/aromatic N) is 5. The normalized spacial score (nSPS) is 17.8. The smallest absolute Gasteiger partial charge is 0.251 e. The van der Waals surface area contributed by atoms with Gasteiger partial charge in [-0.1, -0.05) is 30.3 Å². The number of hydrogen-bond acceptors (Lipinski definition) is 6. The van der Waals surface area contributed by atoms with Gasteiger partial charge < -0.3 is 10.2 Å². The third-order valence-electron chi connectivity index (χ3n) is 6.29. The minimum absolute atomic E-state index is 0.0916. The predicted octanol–water partition coefficient (Wildman–Crippen LogP) is 3.79. The number of amides is 1. The van der Waals surface area contributed by atoms with Crippen molar-refractivity contribution in [2.24, 2.45) is 4.99 Å². The summed E-state index contributed by atoms with van der Waals surface area (Å²) in [6.45, 7) is 13.2. The van der Waals surface area contributed by atoms with Crippen LogP contribution in [0.15, 0.2) is 41.4 Å². The molecule has 3 aromatic rings. The van der Waals surface area contributed by atoms with E-state index in [1.165, 1.54) is 4.88 Å². The van der Waals surface area contributed by atoms with Crippen molar-refractivity contribution >= 4 is 34.6 Å². The second kappa shape index (κ2) is 8.52. The summed E-state index contributed by atoms with van der Waals surface area (Å²) in [7, 11) is 0. The third-order valence-corrected chi connectivity index (χ3v) is 7.73. The number of benzene rings is 1. The Morgan fingerprint density at radius 2 is 1.85 bits per heavy atom. The van der Waals surface area contributed by atoms with Crippen LogP contribution in [0.5, 0.6) is 0 Å². The van der Waals surface area contributed by atoms with Gasteiger partial charge in [0.15, 0.2) is 5.82 Å². The molecular weight excluding hydrogens is 456 g/mol. The van der Waals surface area contributed by atoms with Crippen LogP contribution >= 0.6 is 22.9 Å². The number of aliphatic imine (C=N–C) groups is 1. The summed E-state index contributed by atoms with van der Waals surface area (Å²) in [6, 6.07) is 7.01. The van der Waals surface area contributed by atoms with Gasteiger partial charge in [-0.25, -0.2) is 0 Å². The molecule has 1 saturated heterocycles. The number of thiophene rings is 1. The van der Waals surface area contributed by atoms with Gasteiger partial charge in [0.2, 0.25) is 0 Å². The number of fused-ring (bicyclic) bond motifs is 3. The summed E-state index contributed by atoms with van der Waals surface area (Å²) in [5.41, 5.74) is 4.34. The average molecular weight is 481 g/mol. The number of piperazine rings is 1. The summed E-state index contributed by atoms with van der Waals surface area (Å²) >= 11 is 7.86. The van der Waals surface area contributed by atoms with Crippen LogP contribution in [0.1, 0.15) is 39.3 Å². The highest BCUT2D eigenvalue weighted by Crippen LogP contribution is 2.40. The fourth-order valence-electron chi connectivity index (χ4n) is 4.35. The van der Waals surface area contributed by atoms with Crippen molar-refractivity contribution in [3.8, 4) is 5.00 Å². The highest BCUT2D eigenvalue weighted by molar-refractivity contribution is 7.15. The van der Waals surface area contributed by atoms with Gasteiger partial charge in [-0.15, -0.1) is 21.5 Å². The topological polar surface area (TPSA) is 75.4 Å². The van der Waals surface area contributed by atoms with Crippen LogP contribution < -0.4 is 5.32 Å². The molecule has 5 rings (SSSR count). The Hall–Kier alpha value is -2.81. The average Bonchev–Trinajstić information content (AvgIpc) is 3.29. The molecule has 0 spiro atoms. The molecule has 4 heterocycles. The molecule has 0 bridgehead atoms. The zero-order valence-electron chi connectivity index (χ0n) is 18.9. The van der Waals surface area contributed by atoms with E-state index < -0.39 is 6.04 Å². The van der Waals surface area contributed by atoms with Gasteiger partial charge in [0, 0.05) is 52.8 Å². The van der Waals surface area contributed by atoms with E-state index in [-0.39, 0.29) is 5.91 Å². The van der Waals surface area contributed by atoms with Crippen LogP contribution in [0.3, 0.4) is 0 Å². The van der Waals surface area contributed by atoms with Crippen molar-refractivity contribution in [3.05, 3.63) is 74.7 Å². The molecule has 1 amide bonds. The van der Waals surface area contributed by atoms with E-state index in [0.29, 0.717) is 29.5 Å². The fourth-order valence-corrected chi connectivity index (χ4v) is 5.69. The van der Waals surface area contributed by atoms with Crippen LogP contribution in [-0.2, 0) is 4.79 Å². The molecule has 2 aliphatic heterocycles.